The van der Waals surface area contributed by atoms with E-state index in [4.69, 9.17) is 0 Å². The summed E-state index contributed by atoms with van der Waals surface area (Å²) in [5.41, 5.74) is -5.55. The van der Waals surface area contributed by atoms with Crippen LogP contribution in [0.5, 0.6) is 0 Å². The zero-order valence-corrected chi connectivity index (χ0v) is 8.57. The maximum absolute atomic E-state index is 12.9. The van der Waals surface area contributed by atoms with Crippen LogP contribution in [-0.2, 0) is 16.6 Å². The van der Waals surface area contributed by atoms with Crippen molar-refractivity contribution in [3.63, 3.8) is 0 Å². The van der Waals surface area contributed by atoms with Gasteiger partial charge in [-0.05, 0) is 6.07 Å². The third-order valence-corrected chi connectivity index (χ3v) is 2.85. The van der Waals surface area contributed by atoms with Crippen LogP contribution in [0.4, 0.5) is 17.6 Å². The van der Waals surface area contributed by atoms with Gasteiger partial charge in [0.25, 0.3) is 0 Å². The van der Waals surface area contributed by atoms with Crippen LogP contribution in [0.2, 0.25) is 0 Å². The highest BCUT2D eigenvalue weighted by Gasteiger charge is 2.45. The summed E-state index contributed by atoms with van der Waals surface area (Å²) in [7, 11) is -5.43. The molecule has 16 heavy (non-hydrogen) atoms. The lowest BCUT2D eigenvalue weighted by atomic mass is 10.2. The Kier molecular flexibility index (Phi) is 3.54. The summed E-state index contributed by atoms with van der Waals surface area (Å²) >= 11 is 0. The molecule has 1 aromatic rings. The van der Waals surface area contributed by atoms with Gasteiger partial charge in [0, 0.05) is 12.1 Å². The van der Waals surface area contributed by atoms with Crippen molar-refractivity contribution in [3.05, 3.63) is 35.6 Å². The lowest BCUT2D eigenvalue weighted by molar-refractivity contribution is -0.0448. The van der Waals surface area contributed by atoms with Crippen LogP contribution in [0.15, 0.2) is 24.3 Å². The molecule has 0 fully saturated rings. The van der Waals surface area contributed by atoms with Crippen molar-refractivity contribution in [2.24, 2.45) is 0 Å². The number of rotatable bonds is 3. The highest BCUT2D eigenvalue weighted by molar-refractivity contribution is 7.90. The molecule has 0 aliphatic rings. The molecule has 8 heteroatoms. The van der Waals surface area contributed by atoms with Crippen LogP contribution in [0.25, 0.3) is 0 Å². The third-order valence-electron chi connectivity index (χ3n) is 1.72. The number of alkyl halides is 3. The highest BCUT2D eigenvalue weighted by Crippen LogP contribution is 2.22. The summed E-state index contributed by atoms with van der Waals surface area (Å²) in [6.07, 6.45) is 0. The highest BCUT2D eigenvalue weighted by atomic mass is 32.2. The predicted octanol–water partition coefficient (Wildman–Crippen LogP) is 1.76. The van der Waals surface area contributed by atoms with E-state index in [0.29, 0.717) is 0 Å². The topological polar surface area (TPSA) is 46.2 Å². The smallest absolute Gasteiger partial charge is 0.207 e. The van der Waals surface area contributed by atoms with E-state index in [1.54, 1.807) is 0 Å². The van der Waals surface area contributed by atoms with E-state index in [-0.39, 0.29) is 5.56 Å². The van der Waals surface area contributed by atoms with E-state index in [9.17, 15) is 26.0 Å². The quantitative estimate of drug-likeness (QED) is 0.839. The Bertz CT molecular complexity index is 469. The lowest BCUT2D eigenvalue weighted by Gasteiger charge is -2.09. The second kappa shape index (κ2) is 4.38. The fourth-order valence-corrected chi connectivity index (χ4v) is 1.41. The van der Waals surface area contributed by atoms with E-state index < -0.39 is 27.9 Å². The second-order valence-corrected chi connectivity index (χ2v) is 4.62. The van der Waals surface area contributed by atoms with Crippen LogP contribution in [0.3, 0.4) is 0 Å². The maximum atomic E-state index is 12.9. The Hall–Kier alpha value is -1.15. The molecule has 0 bridgehead atoms. The maximum Gasteiger partial charge on any atom is 0.511 e. The third kappa shape index (κ3) is 2.92. The Labute approximate surface area is 89.1 Å². The molecule has 1 N–H and O–H groups in total. The molecule has 0 aliphatic carbocycles. The molecule has 0 heterocycles. The average molecular weight is 257 g/mol. The van der Waals surface area contributed by atoms with Crippen LogP contribution < -0.4 is 4.72 Å². The zero-order chi connectivity index (χ0) is 12.4. The molecular formula is C8H7F4NO2S. The van der Waals surface area contributed by atoms with Gasteiger partial charge in [-0.2, -0.15) is 13.2 Å². The summed E-state index contributed by atoms with van der Waals surface area (Å²) in [5.74, 6) is -0.771. The van der Waals surface area contributed by atoms with Gasteiger partial charge in [-0.15, -0.1) is 0 Å². The lowest BCUT2D eigenvalue weighted by Crippen LogP contribution is -2.36. The molecule has 0 aliphatic heterocycles. The van der Waals surface area contributed by atoms with Gasteiger partial charge in [0.1, 0.15) is 5.82 Å². The Morgan fingerprint density at radius 3 is 2.25 bits per heavy atom. The second-order valence-electron chi connectivity index (χ2n) is 2.86. The monoisotopic (exact) mass is 257 g/mol. The van der Waals surface area contributed by atoms with E-state index >= 15 is 0 Å². The number of sulfonamides is 1. The number of hydrogen-bond acceptors (Lipinski definition) is 2. The van der Waals surface area contributed by atoms with Crippen molar-refractivity contribution in [1.29, 1.82) is 0 Å². The summed E-state index contributed by atoms with van der Waals surface area (Å²) in [4.78, 5) is 0. The van der Waals surface area contributed by atoms with E-state index in [0.717, 1.165) is 6.07 Å². The van der Waals surface area contributed by atoms with E-state index in [1.807, 2.05) is 0 Å². The first-order valence-corrected chi connectivity index (χ1v) is 5.52. The zero-order valence-electron chi connectivity index (χ0n) is 7.75. The largest absolute Gasteiger partial charge is 0.511 e. The summed E-state index contributed by atoms with van der Waals surface area (Å²) in [5, 5.41) is 0. The molecule has 3 nitrogen and oxygen atoms in total. The molecule has 0 unspecified atom stereocenters. The van der Waals surface area contributed by atoms with Gasteiger partial charge in [0.2, 0.25) is 0 Å². The standard InChI is InChI=1S/C8H7F4NO2S/c9-7-4-2-1-3-6(7)5-13-16(14,15)8(10,11)12/h1-4,13H,5H2. The van der Waals surface area contributed by atoms with Gasteiger partial charge >= 0.3 is 15.5 Å². The summed E-state index contributed by atoms with van der Waals surface area (Å²) in [6, 6.07) is 4.95. The van der Waals surface area contributed by atoms with Crippen LogP contribution >= 0.6 is 0 Å². The van der Waals surface area contributed by atoms with Gasteiger partial charge in [0.05, 0.1) is 0 Å². The fourth-order valence-electron chi connectivity index (χ4n) is 0.896. The van der Waals surface area contributed by atoms with Crippen LogP contribution in [0.1, 0.15) is 5.56 Å². The Balaban J connectivity index is 2.77. The molecule has 90 valence electrons. The van der Waals surface area contributed by atoms with Crippen molar-refractivity contribution in [3.8, 4) is 0 Å². The molecule has 0 atom stereocenters. The van der Waals surface area contributed by atoms with Crippen LogP contribution in [-0.4, -0.2) is 13.9 Å². The van der Waals surface area contributed by atoms with E-state index in [2.05, 4.69) is 0 Å². The van der Waals surface area contributed by atoms with Gasteiger partial charge in [-0.3, -0.25) is 0 Å². The number of nitrogens with one attached hydrogen (secondary N) is 1. The number of halogens is 4. The molecule has 0 radical (unpaired) electrons. The minimum Gasteiger partial charge on any atom is -0.207 e. The van der Waals surface area contributed by atoms with Crippen molar-refractivity contribution < 1.29 is 26.0 Å². The van der Waals surface area contributed by atoms with E-state index in [1.165, 1.54) is 22.9 Å². The minimum atomic E-state index is -5.43. The SMILES string of the molecule is O=S(=O)(NCc1ccccc1F)C(F)(F)F. The van der Waals surface area contributed by atoms with Crippen molar-refractivity contribution >= 4 is 10.0 Å². The van der Waals surface area contributed by atoms with Crippen molar-refractivity contribution in [2.45, 2.75) is 12.1 Å². The van der Waals surface area contributed by atoms with Crippen molar-refractivity contribution in [1.82, 2.24) is 4.72 Å². The normalized spacial score (nSPS) is 12.8. The molecule has 0 spiro atoms. The molecule has 0 amide bonds. The first-order valence-electron chi connectivity index (χ1n) is 4.03. The number of hydrogen-bond donors (Lipinski definition) is 1. The van der Waals surface area contributed by atoms with Crippen LogP contribution in [0, 0.1) is 5.82 Å². The first kappa shape index (κ1) is 12.9. The van der Waals surface area contributed by atoms with Crippen molar-refractivity contribution in [2.75, 3.05) is 0 Å². The molecule has 0 saturated heterocycles. The fraction of sp³-hybridized carbons (Fsp3) is 0.250. The van der Waals surface area contributed by atoms with Gasteiger partial charge < -0.3 is 0 Å². The molecule has 0 saturated carbocycles. The van der Waals surface area contributed by atoms with Gasteiger partial charge in [-0.1, -0.05) is 18.2 Å². The Morgan fingerprint density at radius 2 is 1.75 bits per heavy atom. The molecule has 1 rings (SSSR count). The average Bonchev–Trinajstić information content (AvgIpc) is 2.15. The molecule has 0 aromatic heterocycles. The minimum absolute atomic E-state index is 0.157. The molecular weight excluding hydrogens is 250 g/mol. The summed E-state index contributed by atoms with van der Waals surface area (Å²) in [6.45, 7) is -0.742. The Morgan fingerprint density at radius 1 is 1.19 bits per heavy atom. The van der Waals surface area contributed by atoms with Gasteiger partial charge in [-0.25, -0.2) is 17.5 Å². The predicted molar refractivity (Wildman–Crippen MR) is 48.2 cm³/mol. The molecule has 1 aromatic carbocycles. The van der Waals surface area contributed by atoms with Gasteiger partial charge in [0.15, 0.2) is 0 Å². The first-order chi connectivity index (χ1) is 7.24. The number of benzene rings is 1. The summed E-state index contributed by atoms with van der Waals surface area (Å²) < 4.78 is 71.0.